The predicted molar refractivity (Wildman–Crippen MR) is 110 cm³/mol. The van der Waals surface area contributed by atoms with Crippen LogP contribution in [-0.4, -0.2) is 51.8 Å². The predicted octanol–water partition coefficient (Wildman–Crippen LogP) is 3.59. The molecule has 0 aromatic heterocycles. The lowest BCUT2D eigenvalue weighted by Gasteiger charge is -2.51. The number of rotatable bonds is 4. The molecule has 5 heteroatoms. The van der Waals surface area contributed by atoms with E-state index in [2.05, 4.69) is 59.5 Å². The molecule has 29 heavy (non-hydrogen) atoms. The van der Waals surface area contributed by atoms with Crippen LogP contribution in [0.2, 0.25) is 0 Å². The van der Waals surface area contributed by atoms with Crippen molar-refractivity contribution in [3.8, 4) is 0 Å². The van der Waals surface area contributed by atoms with E-state index in [1.54, 1.807) is 0 Å². The van der Waals surface area contributed by atoms with E-state index >= 15 is 0 Å². The first-order chi connectivity index (χ1) is 14.2. The molecule has 3 fully saturated rings. The smallest absolute Gasteiger partial charge is 0.410 e. The molecule has 2 aromatic carbocycles. The van der Waals surface area contributed by atoms with Crippen LogP contribution in [0.5, 0.6) is 0 Å². The molecule has 3 saturated heterocycles. The fourth-order valence-corrected chi connectivity index (χ4v) is 5.96. The molecule has 3 bridgehead atoms. The SMILES string of the molecule is CCOC(=O)N1C2CC3CC1[C@H](O)C2N(Cc1ccccc1)C3c1ccccc1. The van der Waals surface area contributed by atoms with Crippen molar-refractivity contribution in [2.75, 3.05) is 6.61 Å². The Morgan fingerprint density at radius 3 is 2.38 bits per heavy atom. The molecule has 5 nitrogen and oxygen atoms in total. The van der Waals surface area contributed by atoms with Gasteiger partial charge < -0.3 is 9.84 Å². The Balaban J connectivity index is 1.54. The normalized spacial score (nSPS) is 33.1. The number of piperidine rings is 2. The van der Waals surface area contributed by atoms with Gasteiger partial charge in [0, 0.05) is 12.6 Å². The summed E-state index contributed by atoms with van der Waals surface area (Å²) >= 11 is 0. The Kier molecular flexibility index (Phi) is 4.80. The topological polar surface area (TPSA) is 53.0 Å². The lowest BCUT2D eigenvalue weighted by Crippen LogP contribution is -2.58. The quantitative estimate of drug-likeness (QED) is 0.864. The van der Waals surface area contributed by atoms with Crippen LogP contribution < -0.4 is 0 Å². The summed E-state index contributed by atoms with van der Waals surface area (Å²) in [5, 5.41) is 11.3. The van der Waals surface area contributed by atoms with Crippen LogP contribution in [0.1, 0.15) is 36.9 Å². The summed E-state index contributed by atoms with van der Waals surface area (Å²) < 4.78 is 5.34. The van der Waals surface area contributed by atoms with Crippen LogP contribution >= 0.6 is 0 Å². The molecule has 3 aliphatic rings. The highest BCUT2D eigenvalue weighted by Crippen LogP contribution is 2.53. The van der Waals surface area contributed by atoms with Crippen molar-refractivity contribution in [2.24, 2.45) is 5.92 Å². The van der Waals surface area contributed by atoms with Gasteiger partial charge in [-0.1, -0.05) is 60.7 Å². The van der Waals surface area contributed by atoms with E-state index in [4.69, 9.17) is 4.74 Å². The third kappa shape index (κ3) is 3.04. The molecule has 1 amide bonds. The number of aliphatic hydroxyl groups excluding tert-OH is 1. The van der Waals surface area contributed by atoms with Crippen LogP contribution in [0.3, 0.4) is 0 Å². The average Bonchev–Trinajstić information content (AvgIpc) is 2.86. The van der Waals surface area contributed by atoms with E-state index in [0.29, 0.717) is 12.5 Å². The maximum atomic E-state index is 12.7. The molecule has 0 aliphatic carbocycles. The van der Waals surface area contributed by atoms with Gasteiger partial charge in [0.2, 0.25) is 0 Å². The number of nitrogens with zero attached hydrogens (tertiary/aromatic N) is 2. The van der Waals surface area contributed by atoms with Gasteiger partial charge in [-0.25, -0.2) is 4.79 Å². The summed E-state index contributed by atoms with van der Waals surface area (Å²) in [6, 6.07) is 21.1. The van der Waals surface area contributed by atoms with Gasteiger partial charge in [0.15, 0.2) is 0 Å². The van der Waals surface area contributed by atoms with Crippen LogP contribution in [0.25, 0.3) is 0 Å². The number of carbonyl (C=O) groups excluding carboxylic acids is 1. The first-order valence-electron chi connectivity index (χ1n) is 10.7. The van der Waals surface area contributed by atoms with E-state index in [1.165, 1.54) is 11.1 Å². The molecule has 0 radical (unpaired) electrons. The lowest BCUT2D eigenvalue weighted by molar-refractivity contribution is -0.0337. The van der Waals surface area contributed by atoms with E-state index in [1.807, 2.05) is 17.9 Å². The molecule has 0 spiro atoms. The number of hydrogen-bond acceptors (Lipinski definition) is 4. The zero-order valence-electron chi connectivity index (χ0n) is 16.7. The van der Waals surface area contributed by atoms with E-state index in [9.17, 15) is 9.90 Å². The van der Waals surface area contributed by atoms with Crippen LogP contribution in [0, 0.1) is 5.92 Å². The van der Waals surface area contributed by atoms with Crippen molar-refractivity contribution in [3.05, 3.63) is 71.8 Å². The number of amides is 1. The van der Waals surface area contributed by atoms with Gasteiger partial charge in [-0.05, 0) is 36.8 Å². The second kappa shape index (κ2) is 7.47. The lowest BCUT2D eigenvalue weighted by atomic mass is 9.77. The zero-order valence-corrected chi connectivity index (χ0v) is 16.7. The number of carbonyl (C=O) groups is 1. The summed E-state index contributed by atoms with van der Waals surface area (Å²) in [7, 11) is 0. The van der Waals surface area contributed by atoms with Gasteiger partial charge in [0.25, 0.3) is 0 Å². The molecule has 2 aromatic rings. The number of likely N-dealkylation sites (tertiary alicyclic amines) is 1. The number of hydrogen-bond donors (Lipinski definition) is 1. The second-order valence-electron chi connectivity index (χ2n) is 8.47. The summed E-state index contributed by atoms with van der Waals surface area (Å²) in [5.74, 6) is 0.412. The van der Waals surface area contributed by atoms with E-state index < -0.39 is 6.10 Å². The molecule has 152 valence electrons. The molecular formula is C24H28N2O3. The highest BCUT2D eigenvalue weighted by atomic mass is 16.6. The Labute approximate surface area is 171 Å². The van der Waals surface area contributed by atoms with Crippen molar-refractivity contribution in [1.82, 2.24) is 9.80 Å². The number of ether oxygens (including phenoxy) is 1. The van der Waals surface area contributed by atoms with Crippen molar-refractivity contribution in [2.45, 2.75) is 56.6 Å². The van der Waals surface area contributed by atoms with Crippen LogP contribution in [0.15, 0.2) is 60.7 Å². The van der Waals surface area contributed by atoms with Gasteiger partial charge in [0.05, 0.1) is 30.8 Å². The fourth-order valence-electron chi connectivity index (χ4n) is 5.96. The second-order valence-corrected chi connectivity index (χ2v) is 8.47. The maximum absolute atomic E-state index is 12.7. The molecule has 0 saturated carbocycles. The standard InChI is InChI=1S/C24H28N2O3/c1-2-29-24(28)26-19-13-18-14-20(26)23(27)22(19)25(15-16-9-5-3-6-10-16)21(18)17-11-7-4-8-12-17/h3-12,18-23,27H,2,13-15H2,1H3/t18?,19?,20?,21?,22?,23-/m0/s1. The first kappa shape index (κ1) is 18.6. The Bertz CT molecular complexity index is 859. The molecule has 6 atom stereocenters. The minimum atomic E-state index is -0.549. The van der Waals surface area contributed by atoms with Gasteiger partial charge >= 0.3 is 6.09 Å². The minimum absolute atomic E-state index is 0.0106. The van der Waals surface area contributed by atoms with Crippen LogP contribution in [0.4, 0.5) is 4.79 Å². The Morgan fingerprint density at radius 2 is 1.69 bits per heavy atom. The highest BCUT2D eigenvalue weighted by molar-refractivity contribution is 5.70. The molecular weight excluding hydrogens is 364 g/mol. The summed E-state index contributed by atoms with van der Waals surface area (Å²) in [6.45, 7) is 2.96. The maximum Gasteiger partial charge on any atom is 0.410 e. The third-order valence-corrected chi connectivity index (χ3v) is 6.96. The van der Waals surface area contributed by atoms with Gasteiger partial charge in [-0.3, -0.25) is 9.80 Å². The molecule has 5 unspecified atom stereocenters. The van der Waals surface area contributed by atoms with Gasteiger partial charge in [-0.15, -0.1) is 0 Å². The van der Waals surface area contributed by atoms with Crippen molar-refractivity contribution in [1.29, 1.82) is 0 Å². The number of aliphatic hydroxyl groups is 1. The van der Waals surface area contributed by atoms with E-state index in [0.717, 1.165) is 19.4 Å². The Hall–Kier alpha value is -2.37. The average molecular weight is 392 g/mol. The molecule has 5 rings (SSSR count). The van der Waals surface area contributed by atoms with Crippen LogP contribution in [-0.2, 0) is 11.3 Å². The van der Waals surface area contributed by atoms with Gasteiger partial charge in [0.1, 0.15) is 0 Å². The van der Waals surface area contributed by atoms with E-state index in [-0.39, 0.29) is 30.3 Å². The molecule has 1 N–H and O–H groups in total. The summed E-state index contributed by atoms with van der Waals surface area (Å²) in [4.78, 5) is 17.0. The molecule has 3 heterocycles. The minimum Gasteiger partial charge on any atom is -0.450 e. The van der Waals surface area contributed by atoms with Crippen molar-refractivity contribution < 1.29 is 14.6 Å². The number of fused-ring (bicyclic) bond motifs is 2. The number of benzene rings is 2. The van der Waals surface area contributed by atoms with Gasteiger partial charge in [-0.2, -0.15) is 0 Å². The summed E-state index contributed by atoms with van der Waals surface area (Å²) in [6.07, 6.45) is 0.909. The first-order valence-corrected chi connectivity index (χ1v) is 10.7. The third-order valence-electron chi connectivity index (χ3n) is 6.96. The van der Waals surface area contributed by atoms with Crippen molar-refractivity contribution in [3.63, 3.8) is 0 Å². The Morgan fingerprint density at radius 1 is 1.03 bits per heavy atom. The zero-order chi connectivity index (χ0) is 20.0. The largest absolute Gasteiger partial charge is 0.450 e. The van der Waals surface area contributed by atoms with Crippen molar-refractivity contribution >= 4 is 6.09 Å². The monoisotopic (exact) mass is 392 g/mol. The summed E-state index contributed by atoms with van der Waals surface area (Å²) in [5.41, 5.74) is 2.53. The fraction of sp³-hybridized carbons (Fsp3) is 0.458. The highest BCUT2D eigenvalue weighted by Gasteiger charge is 2.62. The molecule has 3 aliphatic heterocycles.